The van der Waals surface area contributed by atoms with Crippen molar-refractivity contribution in [3.05, 3.63) is 75.8 Å². The Morgan fingerprint density at radius 1 is 0.939 bits per heavy atom. The monoisotopic (exact) mass is 448 g/mol. The van der Waals surface area contributed by atoms with Crippen LogP contribution in [0.1, 0.15) is 19.9 Å². The van der Waals surface area contributed by atoms with Crippen molar-refractivity contribution >= 4 is 11.4 Å². The van der Waals surface area contributed by atoms with E-state index in [2.05, 4.69) is 37.1 Å². The van der Waals surface area contributed by atoms with Gasteiger partial charge in [-0.1, -0.05) is 12.0 Å². The van der Waals surface area contributed by atoms with Crippen molar-refractivity contribution in [2.45, 2.75) is 25.9 Å². The summed E-state index contributed by atoms with van der Waals surface area (Å²) in [5.74, 6) is 0.863. The van der Waals surface area contributed by atoms with Crippen LogP contribution in [0.25, 0.3) is 16.1 Å². The summed E-state index contributed by atoms with van der Waals surface area (Å²) in [7, 11) is 1.68. The van der Waals surface area contributed by atoms with E-state index in [1.165, 1.54) is 21.3 Å². The van der Waals surface area contributed by atoms with Crippen molar-refractivity contribution in [1.82, 2.24) is 14.3 Å². The summed E-state index contributed by atoms with van der Waals surface area (Å²) in [6.45, 7) is 7.27. The first-order chi connectivity index (χ1) is 16.0. The zero-order valence-corrected chi connectivity index (χ0v) is 19.1. The highest BCUT2D eigenvalue weighted by atomic mass is 16.5. The minimum Gasteiger partial charge on any atom is -0.497 e. The SMILES string of the molecule is COc1ccc(N2CCN(c3ccc(-n4cnn(C(C)C(C)N=[N+]=[N-])c4=O)cc3)CC2)cc1. The van der Waals surface area contributed by atoms with Crippen molar-refractivity contribution in [3.8, 4) is 11.4 Å². The lowest BCUT2D eigenvalue weighted by molar-refractivity contribution is 0.411. The summed E-state index contributed by atoms with van der Waals surface area (Å²) >= 11 is 0. The Bertz CT molecular complexity index is 1170. The number of hydrogen-bond donors (Lipinski definition) is 0. The minimum atomic E-state index is -0.380. The second-order valence-electron chi connectivity index (χ2n) is 8.10. The molecule has 33 heavy (non-hydrogen) atoms. The normalized spacial score (nSPS) is 15.6. The van der Waals surface area contributed by atoms with Crippen LogP contribution in [0.15, 0.2) is 64.8 Å². The Labute approximate surface area is 192 Å². The van der Waals surface area contributed by atoms with Gasteiger partial charge in [-0.3, -0.25) is 0 Å². The van der Waals surface area contributed by atoms with Crippen molar-refractivity contribution in [3.63, 3.8) is 0 Å². The van der Waals surface area contributed by atoms with Crippen LogP contribution in [0.2, 0.25) is 0 Å². The molecule has 0 aliphatic carbocycles. The molecule has 10 heteroatoms. The molecule has 4 rings (SSSR count). The fourth-order valence-corrected chi connectivity index (χ4v) is 4.00. The summed E-state index contributed by atoms with van der Waals surface area (Å²) in [5.41, 5.74) is 11.5. The Balaban J connectivity index is 1.42. The van der Waals surface area contributed by atoms with Gasteiger partial charge in [-0.15, -0.1) is 0 Å². The van der Waals surface area contributed by atoms with Gasteiger partial charge in [-0.05, 0) is 61.0 Å². The molecule has 1 aliphatic heterocycles. The number of azide groups is 1. The van der Waals surface area contributed by atoms with Crippen LogP contribution >= 0.6 is 0 Å². The molecule has 1 aliphatic rings. The average molecular weight is 449 g/mol. The molecule has 1 saturated heterocycles. The molecule has 2 aromatic carbocycles. The van der Waals surface area contributed by atoms with E-state index in [0.29, 0.717) is 0 Å². The van der Waals surface area contributed by atoms with Gasteiger partial charge in [0.1, 0.15) is 12.1 Å². The van der Waals surface area contributed by atoms with Gasteiger partial charge in [-0.2, -0.15) is 5.10 Å². The first-order valence-corrected chi connectivity index (χ1v) is 11.0. The Morgan fingerprint density at radius 2 is 1.45 bits per heavy atom. The van der Waals surface area contributed by atoms with Crippen LogP contribution < -0.4 is 20.2 Å². The Hall–Kier alpha value is -3.91. The number of ether oxygens (including phenoxy) is 1. The van der Waals surface area contributed by atoms with Crippen molar-refractivity contribution in [2.24, 2.45) is 5.11 Å². The summed E-state index contributed by atoms with van der Waals surface area (Å²) < 4.78 is 8.10. The lowest BCUT2D eigenvalue weighted by atomic mass is 10.2. The Morgan fingerprint density at radius 3 is 1.97 bits per heavy atom. The Kier molecular flexibility index (Phi) is 6.55. The molecule has 10 nitrogen and oxygen atoms in total. The molecule has 0 spiro atoms. The number of anilines is 2. The van der Waals surface area contributed by atoms with E-state index in [1.54, 1.807) is 14.0 Å². The van der Waals surface area contributed by atoms with Gasteiger partial charge in [-0.25, -0.2) is 14.0 Å². The van der Waals surface area contributed by atoms with Crippen LogP contribution in [0.4, 0.5) is 11.4 Å². The van der Waals surface area contributed by atoms with Gasteiger partial charge < -0.3 is 14.5 Å². The fourth-order valence-electron chi connectivity index (χ4n) is 4.00. The smallest absolute Gasteiger partial charge is 0.350 e. The molecular formula is C23H28N8O2. The standard InChI is InChI=1S/C23H28N8O2/c1-17(26-27-24)18(2)31-23(32)30(16-25-31)21-6-4-19(5-7-21)28-12-14-29(15-13-28)20-8-10-22(33-3)11-9-20/h4-11,16-18H,12-15H2,1-3H3. The maximum atomic E-state index is 12.8. The van der Waals surface area contributed by atoms with E-state index in [-0.39, 0.29) is 17.8 Å². The molecule has 3 aromatic rings. The quantitative estimate of drug-likeness (QED) is 0.312. The fraction of sp³-hybridized carbons (Fsp3) is 0.391. The zero-order chi connectivity index (χ0) is 23.4. The van der Waals surface area contributed by atoms with Gasteiger partial charge in [0, 0.05) is 42.5 Å². The van der Waals surface area contributed by atoms with E-state index < -0.39 is 0 Å². The van der Waals surface area contributed by atoms with Gasteiger partial charge in [0.05, 0.1) is 24.9 Å². The summed E-state index contributed by atoms with van der Waals surface area (Å²) in [6.07, 6.45) is 1.50. The third kappa shape index (κ3) is 4.65. The van der Waals surface area contributed by atoms with Crippen LogP contribution in [0.3, 0.4) is 0 Å². The maximum absolute atomic E-state index is 12.8. The highest BCUT2D eigenvalue weighted by Crippen LogP contribution is 2.23. The first kappa shape index (κ1) is 22.3. The van der Waals surface area contributed by atoms with E-state index in [9.17, 15) is 4.79 Å². The highest BCUT2D eigenvalue weighted by molar-refractivity contribution is 5.54. The molecule has 1 aromatic heterocycles. The van der Waals surface area contributed by atoms with E-state index >= 15 is 0 Å². The van der Waals surface area contributed by atoms with Crippen molar-refractivity contribution in [2.75, 3.05) is 43.1 Å². The van der Waals surface area contributed by atoms with Crippen LogP contribution in [-0.2, 0) is 0 Å². The number of piperazine rings is 1. The molecule has 172 valence electrons. The molecule has 0 saturated carbocycles. The van der Waals surface area contributed by atoms with Crippen LogP contribution in [0, 0.1) is 0 Å². The van der Waals surface area contributed by atoms with Gasteiger partial charge in [0.15, 0.2) is 0 Å². The molecule has 0 N–H and O–H groups in total. The molecule has 0 amide bonds. The van der Waals surface area contributed by atoms with E-state index in [1.807, 2.05) is 43.3 Å². The topological polar surface area (TPSA) is 104 Å². The van der Waals surface area contributed by atoms with E-state index in [0.717, 1.165) is 43.3 Å². The van der Waals surface area contributed by atoms with Gasteiger partial charge in [0.2, 0.25) is 0 Å². The molecule has 0 radical (unpaired) electrons. The second-order valence-corrected chi connectivity index (χ2v) is 8.10. The highest BCUT2D eigenvalue weighted by Gasteiger charge is 2.20. The lowest BCUT2D eigenvalue weighted by Gasteiger charge is -2.37. The van der Waals surface area contributed by atoms with Gasteiger partial charge in [0.25, 0.3) is 0 Å². The van der Waals surface area contributed by atoms with Crippen LogP contribution in [0.5, 0.6) is 5.75 Å². The largest absolute Gasteiger partial charge is 0.497 e. The molecule has 0 bridgehead atoms. The van der Waals surface area contributed by atoms with Crippen molar-refractivity contribution < 1.29 is 4.74 Å². The van der Waals surface area contributed by atoms with Crippen LogP contribution in [-0.4, -0.2) is 53.7 Å². The number of aromatic nitrogens is 3. The number of benzene rings is 2. The summed E-state index contributed by atoms with van der Waals surface area (Å²) in [6, 6.07) is 15.4. The summed E-state index contributed by atoms with van der Waals surface area (Å²) in [5, 5.41) is 7.89. The molecule has 2 atom stereocenters. The molecular weight excluding hydrogens is 420 g/mol. The maximum Gasteiger partial charge on any atom is 0.350 e. The van der Waals surface area contributed by atoms with Gasteiger partial charge >= 0.3 is 5.69 Å². The molecule has 1 fully saturated rings. The summed E-state index contributed by atoms with van der Waals surface area (Å²) in [4.78, 5) is 20.4. The third-order valence-corrected chi connectivity index (χ3v) is 6.22. The van der Waals surface area contributed by atoms with Crippen molar-refractivity contribution in [1.29, 1.82) is 0 Å². The zero-order valence-electron chi connectivity index (χ0n) is 19.1. The number of methoxy groups -OCH3 is 1. The number of hydrogen-bond acceptors (Lipinski definition) is 6. The predicted octanol–water partition coefficient (Wildman–Crippen LogP) is 3.63. The second kappa shape index (κ2) is 9.70. The lowest BCUT2D eigenvalue weighted by Crippen LogP contribution is -2.46. The molecule has 2 unspecified atom stereocenters. The predicted molar refractivity (Wildman–Crippen MR) is 129 cm³/mol. The minimum absolute atomic E-state index is 0.261. The molecule has 2 heterocycles. The third-order valence-electron chi connectivity index (χ3n) is 6.22. The average Bonchev–Trinajstić information content (AvgIpc) is 3.25. The first-order valence-electron chi connectivity index (χ1n) is 11.0. The number of nitrogens with zero attached hydrogens (tertiary/aromatic N) is 8. The van der Waals surface area contributed by atoms with E-state index in [4.69, 9.17) is 10.3 Å². The number of rotatable bonds is 7.